The molecular weight excluding hydrogens is 473 g/mol. The zero-order chi connectivity index (χ0) is 26.6. The SMILES string of the molecule is CC(=O)c1cccc(N(CC(=O)N(Cc2ccc(F)cc2)[C@@H](C)C(=O)NC(C)(C)C)S(C)(=O)=O)c1. The zero-order valence-corrected chi connectivity index (χ0v) is 21.6. The number of hydrogen-bond acceptors (Lipinski definition) is 5. The average Bonchev–Trinajstić information content (AvgIpc) is 2.74. The molecule has 0 aliphatic rings. The number of benzene rings is 2. The average molecular weight is 506 g/mol. The van der Waals surface area contributed by atoms with Crippen LogP contribution in [0, 0.1) is 5.82 Å². The number of ketones is 1. The first kappa shape index (κ1) is 28.0. The number of hydrogen-bond donors (Lipinski definition) is 1. The van der Waals surface area contributed by atoms with Crippen LogP contribution in [0.15, 0.2) is 48.5 Å². The Balaban J connectivity index is 2.43. The largest absolute Gasteiger partial charge is 0.350 e. The highest BCUT2D eigenvalue weighted by Gasteiger charge is 2.31. The van der Waals surface area contributed by atoms with Crippen LogP contribution >= 0.6 is 0 Å². The molecule has 8 nitrogen and oxygen atoms in total. The van der Waals surface area contributed by atoms with E-state index < -0.39 is 45.8 Å². The Morgan fingerprint density at radius 2 is 1.66 bits per heavy atom. The molecule has 0 saturated carbocycles. The van der Waals surface area contributed by atoms with Gasteiger partial charge in [-0.3, -0.25) is 18.7 Å². The molecule has 0 saturated heterocycles. The molecule has 1 atom stereocenters. The van der Waals surface area contributed by atoms with E-state index in [1.165, 1.54) is 54.3 Å². The Labute approximate surface area is 206 Å². The van der Waals surface area contributed by atoms with Gasteiger partial charge in [0.25, 0.3) is 0 Å². The van der Waals surface area contributed by atoms with Crippen molar-refractivity contribution in [2.75, 3.05) is 17.1 Å². The van der Waals surface area contributed by atoms with Gasteiger partial charge < -0.3 is 10.2 Å². The van der Waals surface area contributed by atoms with Crippen LogP contribution in [0.1, 0.15) is 50.5 Å². The fourth-order valence-corrected chi connectivity index (χ4v) is 4.18. The molecule has 0 aliphatic carbocycles. The van der Waals surface area contributed by atoms with Crippen molar-refractivity contribution >= 4 is 33.3 Å². The fraction of sp³-hybridized carbons (Fsp3) is 0.400. The molecule has 35 heavy (non-hydrogen) atoms. The van der Waals surface area contributed by atoms with Crippen molar-refractivity contribution in [1.29, 1.82) is 0 Å². The minimum Gasteiger partial charge on any atom is -0.350 e. The lowest BCUT2D eigenvalue weighted by Gasteiger charge is -2.33. The fourth-order valence-electron chi connectivity index (χ4n) is 3.34. The summed E-state index contributed by atoms with van der Waals surface area (Å²) in [6.07, 6.45) is 0.959. The minimum atomic E-state index is -3.92. The predicted octanol–water partition coefficient (Wildman–Crippen LogP) is 3.13. The number of nitrogens with one attached hydrogen (secondary N) is 1. The predicted molar refractivity (Wildman–Crippen MR) is 133 cm³/mol. The molecule has 2 aromatic rings. The first-order valence-corrected chi connectivity index (χ1v) is 12.9. The molecule has 2 aromatic carbocycles. The number of carbonyl (C=O) groups excluding carboxylic acids is 3. The second-order valence-electron chi connectivity index (χ2n) is 9.44. The van der Waals surface area contributed by atoms with Gasteiger partial charge in [0.05, 0.1) is 11.9 Å². The molecule has 0 radical (unpaired) electrons. The van der Waals surface area contributed by atoms with Crippen molar-refractivity contribution in [2.24, 2.45) is 0 Å². The summed E-state index contributed by atoms with van der Waals surface area (Å²) in [7, 11) is -3.92. The first-order chi connectivity index (χ1) is 16.1. The van der Waals surface area contributed by atoms with Crippen LogP contribution in [0.3, 0.4) is 0 Å². The maximum Gasteiger partial charge on any atom is 0.244 e. The lowest BCUT2D eigenvalue weighted by molar-refractivity contribution is -0.140. The molecule has 0 spiro atoms. The highest BCUT2D eigenvalue weighted by molar-refractivity contribution is 7.92. The molecule has 0 fully saturated rings. The van der Waals surface area contributed by atoms with E-state index in [0.29, 0.717) is 11.1 Å². The molecule has 10 heteroatoms. The summed E-state index contributed by atoms with van der Waals surface area (Å²) in [5.41, 5.74) is 0.466. The van der Waals surface area contributed by atoms with Gasteiger partial charge in [0, 0.05) is 17.6 Å². The third-order valence-electron chi connectivity index (χ3n) is 5.15. The van der Waals surface area contributed by atoms with Crippen LogP contribution in [0.25, 0.3) is 0 Å². The van der Waals surface area contributed by atoms with Crippen LogP contribution in [0.5, 0.6) is 0 Å². The third kappa shape index (κ3) is 8.17. The van der Waals surface area contributed by atoms with Crippen molar-refractivity contribution < 1.29 is 27.2 Å². The summed E-state index contributed by atoms with van der Waals surface area (Å²) >= 11 is 0. The summed E-state index contributed by atoms with van der Waals surface area (Å²) in [5, 5.41) is 2.82. The number of Topliss-reactive ketones (excluding diaryl/α,β-unsaturated/α-hetero) is 1. The lowest BCUT2D eigenvalue weighted by atomic mass is 10.1. The molecule has 0 heterocycles. The quantitative estimate of drug-likeness (QED) is 0.528. The number of amides is 2. The van der Waals surface area contributed by atoms with E-state index in [1.54, 1.807) is 33.8 Å². The summed E-state index contributed by atoms with van der Waals surface area (Å²) < 4.78 is 39.5. The maximum absolute atomic E-state index is 13.5. The van der Waals surface area contributed by atoms with Gasteiger partial charge in [-0.15, -0.1) is 0 Å². The Morgan fingerprint density at radius 3 is 2.17 bits per heavy atom. The molecule has 0 aliphatic heterocycles. The molecule has 0 aromatic heterocycles. The third-order valence-corrected chi connectivity index (χ3v) is 6.29. The molecular formula is C25H32FN3O5S. The van der Waals surface area contributed by atoms with Gasteiger partial charge in [-0.1, -0.05) is 24.3 Å². The summed E-state index contributed by atoms with van der Waals surface area (Å²) in [5.74, 6) is -1.75. The summed E-state index contributed by atoms with van der Waals surface area (Å²) in [6, 6.07) is 10.5. The van der Waals surface area contributed by atoms with E-state index in [1.807, 2.05) is 0 Å². The van der Waals surface area contributed by atoms with Crippen molar-refractivity contribution in [3.63, 3.8) is 0 Å². The van der Waals surface area contributed by atoms with E-state index in [2.05, 4.69) is 5.32 Å². The second kappa shape index (κ2) is 11.0. The van der Waals surface area contributed by atoms with Crippen molar-refractivity contribution in [3.05, 3.63) is 65.5 Å². The zero-order valence-electron chi connectivity index (χ0n) is 20.8. The molecule has 0 bridgehead atoms. The molecule has 0 unspecified atom stereocenters. The Bertz CT molecular complexity index is 1190. The number of nitrogens with zero attached hydrogens (tertiary/aromatic N) is 2. The van der Waals surface area contributed by atoms with Crippen molar-refractivity contribution in [2.45, 2.75) is 52.7 Å². The molecule has 190 valence electrons. The Morgan fingerprint density at radius 1 is 1.06 bits per heavy atom. The molecule has 2 amide bonds. The van der Waals surface area contributed by atoms with Gasteiger partial charge in [-0.05, 0) is 64.4 Å². The van der Waals surface area contributed by atoms with Gasteiger partial charge in [0.2, 0.25) is 21.8 Å². The standard InChI is InChI=1S/C25H32FN3O5S/c1-17(24(32)27-25(3,4)5)28(15-19-10-12-21(26)13-11-19)23(31)16-29(35(6,33)34)22-9-7-8-20(14-22)18(2)30/h7-14,17H,15-16H2,1-6H3,(H,27,32)/t17-/m0/s1. The normalized spacial score (nSPS) is 12.5. The van der Waals surface area contributed by atoms with Gasteiger partial charge in [-0.2, -0.15) is 0 Å². The van der Waals surface area contributed by atoms with Gasteiger partial charge in [0.15, 0.2) is 5.78 Å². The van der Waals surface area contributed by atoms with Crippen LogP contribution in [-0.4, -0.2) is 55.3 Å². The lowest BCUT2D eigenvalue weighted by Crippen LogP contribution is -2.54. The van der Waals surface area contributed by atoms with E-state index in [0.717, 1.165) is 10.6 Å². The summed E-state index contributed by atoms with van der Waals surface area (Å²) in [6.45, 7) is 7.68. The van der Waals surface area contributed by atoms with Crippen LogP contribution in [0.2, 0.25) is 0 Å². The smallest absolute Gasteiger partial charge is 0.244 e. The number of anilines is 1. The van der Waals surface area contributed by atoms with E-state index in [9.17, 15) is 27.2 Å². The van der Waals surface area contributed by atoms with E-state index in [-0.39, 0.29) is 18.0 Å². The number of rotatable bonds is 9. The number of halogens is 1. The first-order valence-electron chi connectivity index (χ1n) is 11.0. The Hall–Kier alpha value is -3.27. The van der Waals surface area contributed by atoms with Gasteiger partial charge in [0.1, 0.15) is 18.4 Å². The van der Waals surface area contributed by atoms with Gasteiger partial charge in [-0.25, -0.2) is 12.8 Å². The molecule has 1 N–H and O–H groups in total. The molecule has 2 rings (SSSR count). The minimum absolute atomic E-state index is 0.0388. The van der Waals surface area contributed by atoms with Crippen LogP contribution in [0.4, 0.5) is 10.1 Å². The summed E-state index contributed by atoms with van der Waals surface area (Å²) in [4.78, 5) is 39.4. The van der Waals surface area contributed by atoms with Crippen molar-refractivity contribution in [1.82, 2.24) is 10.2 Å². The van der Waals surface area contributed by atoms with Gasteiger partial charge >= 0.3 is 0 Å². The number of carbonyl (C=O) groups is 3. The Kier molecular flexibility index (Phi) is 8.78. The number of sulfonamides is 1. The van der Waals surface area contributed by atoms with E-state index in [4.69, 9.17) is 0 Å². The highest BCUT2D eigenvalue weighted by atomic mass is 32.2. The van der Waals surface area contributed by atoms with Crippen molar-refractivity contribution in [3.8, 4) is 0 Å². The highest BCUT2D eigenvalue weighted by Crippen LogP contribution is 2.21. The monoisotopic (exact) mass is 505 g/mol. The topological polar surface area (TPSA) is 104 Å². The van der Waals surface area contributed by atoms with Crippen LogP contribution in [-0.2, 0) is 26.2 Å². The maximum atomic E-state index is 13.5. The second-order valence-corrected chi connectivity index (χ2v) is 11.3. The van der Waals surface area contributed by atoms with E-state index >= 15 is 0 Å². The van der Waals surface area contributed by atoms with Crippen LogP contribution < -0.4 is 9.62 Å².